The maximum Gasteiger partial charge on any atom is 0.215 e. The Bertz CT molecular complexity index is 709. The first-order valence-electron chi connectivity index (χ1n) is 6.30. The van der Waals surface area contributed by atoms with Crippen molar-refractivity contribution in [1.29, 1.82) is 0 Å². The van der Waals surface area contributed by atoms with Gasteiger partial charge in [-0.1, -0.05) is 6.07 Å². The summed E-state index contributed by atoms with van der Waals surface area (Å²) in [6, 6.07) is 7.93. The Balaban J connectivity index is 2.11. The van der Waals surface area contributed by atoms with E-state index in [1.165, 1.54) is 4.88 Å². The number of aryl methyl sites for hydroxylation is 1. The third kappa shape index (κ3) is 2.51. The Kier molecular flexibility index (Phi) is 3.89. The van der Waals surface area contributed by atoms with Crippen molar-refractivity contribution >= 4 is 34.1 Å². The minimum Gasteiger partial charge on any atom is -0.481 e. The summed E-state index contributed by atoms with van der Waals surface area (Å²) in [6.45, 7) is 0.764. The van der Waals surface area contributed by atoms with Gasteiger partial charge in [-0.05, 0) is 17.5 Å². The van der Waals surface area contributed by atoms with E-state index in [0.717, 1.165) is 30.0 Å². The smallest absolute Gasteiger partial charge is 0.215 e. The first kappa shape index (κ1) is 13.4. The molecular weight excluding hydrogens is 294 g/mol. The first-order chi connectivity index (χ1) is 9.81. The van der Waals surface area contributed by atoms with Crippen molar-refractivity contribution in [1.82, 2.24) is 14.5 Å². The number of imidazole rings is 1. The Hall–Kier alpha value is -1.59. The zero-order chi connectivity index (χ0) is 13.9. The molecule has 0 radical (unpaired) electrons. The van der Waals surface area contributed by atoms with Crippen LogP contribution in [0.2, 0.25) is 0 Å². The summed E-state index contributed by atoms with van der Waals surface area (Å²) in [7, 11) is 1.62. The molecule has 0 aromatic carbocycles. The topological polar surface area (TPSA) is 39.9 Å². The van der Waals surface area contributed by atoms with Crippen LogP contribution in [-0.4, -0.2) is 27.5 Å². The molecule has 20 heavy (non-hydrogen) atoms. The minimum atomic E-state index is 0.547. The number of ether oxygens (including phenoxy) is 1. The van der Waals surface area contributed by atoms with Crippen LogP contribution in [0.5, 0.6) is 5.88 Å². The number of methoxy groups -OCH3 is 1. The summed E-state index contributed by atoms with van der Waals surface area (Å²) < 4.78 is 7.32. The van der Waals surface area contributed by atoms with Gasteiger partial charge in [0.05, 0.1) is 13.7 Å². The number of alkyl halides is 1. The van der Waals surface area contributed by atoms with Gasteiger partial charge < -0.3 is 9.30 Å². The number of hydrogen-bond donors (Lipinski definition) is 0. The summed E-state index contributed by atoms with van der Waals surface area (Å²) in [6.07, 6.45) is 0.728. The second-order valence-electron chi connectivity index (χ2n) is 4.33. The zero-order valence-corrected chi connectivity index (χ0v) is 12.6. The Morgan fingerprint density at radius 3 is 2.90 bits per heavy atom. The van der Waals surface area contributed by atoms with E-state index in [2.05, 4.69) is 26.0 Å². The van der Waals surface area contributed by atoms with Crippen molar-refractivity contribution in [3.8, 4) is 5.88 Å². The largest absolute Gasteiger partial charge is 0.481 e. The molecule has 3 aromatic rings. The van der Waals surface area contributed by atoms with Gasteiger partial charge in [-0.25, -0.2) is 4.98 Å². The predicted octanol–water partition coefficient (Wildman–Crippen LogP) is 3.33. The molecule has 4 nitrogen and oxygen atoms in total. The lowest BCUT2D eigenvalue weighted by molar-refractivity contribution is 0.399. The standard InChI is InChI=1S/C14H14ClN3OS/c1-19-13-5-4-11-14(17-13)18(12(16-11)6-7-15)9-10-3-2-8-20-10/h2-5,8H,6-7,9H2,1H3. The summed E-state index contributed by atoms with van der Waals surface area (Å²) in [4.78, 5) is 10.4. The van der Waals surface area contributed by atoms with Crippen LogP contribution in [0.4, 0.5) is 0 Å². The van der Waals surface area contributed by atoms with Crippen LogP contribution in [0.3, 0.4) is 0 Å². The Morgan fingerprint density at radius 2 is 2.20 bits per heavy atom. The van der Waals surface area contributed by atoms with Crippen LogP contribution in [0.1, 0.15) is 10.7 Å². The van der Waals surface area contributed by atoms with Crippen LogP contribution in [0.25, 0.3) is 11.2 Å². The van der Waals surface area contributed by atoms with Gasteiger partial charge in [0, 0.05) is 23.2 Å². The fraction of sp³-hybridized carbons (Fsp3) is 0.286. The van der Waals surface area contributed by atoms with Gasteiger partial charge in [0.2, 0.25) is 5.88 Å². The maximum absolute atomic E-state index is 5.88. The lowest BCUT2D eigenvalue weighted by Gasteiger charge is -2.06. The number of aromatic nitrogens is 3. The lowest BCUT2D eigenvalue weighted by atomic mass is 10.4. The number of thiophene rings is 1. The highest BCUT2D eigenvalue weighted by Crippen LogP contribution is 2.21. The minimum absolute atomic E-state index is 0.547. The highest BCUT2D eigenvalue weighted by molar-refractivity contribution is 7.09. The molecular formula is C14H14ClN3OS. The van der Waals surface area contributed by atoms with Crippen LogP contribution < -0.4 is 4.74 Å². The van der Waals surface area contributed by atoms with Crippen LogP contribution in [-0.2, 0) is 13.0 Å². The third-order valence-electron chi connectivity index (χ3n) is 3.07. The van der Waals surface area contributed by atoms with Crippen molar-refractivity contribution in [2.45, 2.75) is 13.0 Å². The molecule has 0 atom stereocenters. The highest BCUT2D eigenvalue weighted by atomic mass is 35.5. The average Bonchev–Trinajstić information content (AvgIpc) is 3.08. The van der Waals surface area contributed by atoms with Gasteiger partial charge in [0.25, 0.3) is 0 Å². The maximum atomic E-state index is 5.88. The van der Waals surface area contributed by atoms with E-state index in [9.17, 15) is 0 Å². The third-order valence-corrected chi connectivity index (χ3v) is 4.12. The van der Waals surface area contributed by atoms with Gasteiger partial charge in [-0.3, -0.25) is 0 Å². The molecule has 6 heteroatoms. The van der Waals surface area contributed by atoms with Crippen molar-refractivity contribution in [2.75, 3.05) is 13.0 Å². The van der Waals surface area contributed by atoms with E-state index < -0.39 is 0 Å². The molecule has 0 fully saturated rings. The molecule has 0 saturated heterocycles. The lowest BCUT2D eigenvalue weighted by Crippen LogP contribution is -2.06. The fourth-order valence-corrected chi connectivity index (χ4v) is 3.01. The highest BCUT2D eigenvalue weighted by Gasteiger charge is 2.13. The van der Waals surface area contributed by atoms with E-state index in [-0.39, 0.29) is 0 Å². The van der Waals surface area contributed by atoms with E-state index in [0.29, 0.717) is 11.8 Å². The van der Waals surface area contributed by atoms with E-state index in [1.54, 1.807) is 18.4 Å². The van der Waals surface area contributed by atoms with Gasteiger partial charge in [-0.2, -0.15) is 4.98 Å². The quantitative estimate of drug-likeness (QED) is 0.679. The predicted molar refractivity (Wildman–Crippen MR) is 81.9 cm³/mol. The van der Waals surface area contributed by atoms with Gasteiger partial charge in [0.1, 0.15) is 11.3 Å². The molecule has 0 aliphatic carbocycles. The van der Waals surface area contributed by atoms with E-state index >= 15 is 0 Å². The van der Waals surface area contributed by atoms with Gasteiger partial charge in [-0.15, -0.1) is 22.9 Å². The second kappa shape index (κ2) is 5.81. The molecule has 0 amide bonds. The number of rotatable bonds is 5. The number of hydrogen-bond acceptors (Lipinski definition) is 4. The molecule has 0 aliphatic heterocycles. The molecule has 0 bridgehead atoms. The number of fused-ring (bicyclic) bond motifs is 1. The monoisotopic (exact) mass is 307 g/mol. The normalized spacial score (nSPS) is 11.1. The van der Waals surface area contributed by atoms with Crippen molar-refractivity contribution < 1.29 is 4.74 Å². The second-order valence-corrected chi connectivity index (χ2v) is 5.74. The number of nitrogens with zero attached hydrogens (tertiary/aromatic N) is 3. The Labute approximate surface area is 126 Å². The molecule has 3 aromatic heterocycles. The first-order valence-corrected chi connectivity index (χ1v) is 7.71. The molecule has 0 unspecified atom stereocenters. The molecule has 0 saturated carbocycles. The van der Waals surface area contributed by atoms with Gasteiger partial charge in [0.15, 0.2) is 5.65 Å². The summed E-state index contributed by atoms with van der Waals surface area (Å²) >= 11 is 7.61. The summed E-state index contributed by atoms with van der Waals surface area (Å²) in [5.74, 6) is 2.11. The molecule has 0 aliphatic rings. The van der Waals surface area contributed by atoms with Gasteiger partial charge >= 0.3 is 0 Å². The molecule has 0 N–H and O–H groups in total. The molecule has 104 valence electrons. The van der Waals surface area contributed by atoms with E-state index in [1.807, 2.05) is 18.2 Å². The number of halogens is 1. The van der Waals surface area contributed by atoms with Crippen molar-refractivity contribution in [2.24, 2.45) is 0 Å². The van der Waals surface area contributed by atoms with E-state index in [4.69, 9.17) is 16.3 Å². The van der Waals surface area contributed by atoms with Crippen LogP contribution >= 0.6 is 22.9 Å². The molecule has 3 rings (SSSR count). The summed E-state index contributed by atoms with van der Waals surface area (Å²) in [5.41, 5.74) is 1.72. The Morgan fingerprint density at radius 1 is 1.30 bits per heavy atom. The van der Waals surface area contributed by atoms with Crippen molar-refractivity contribution in [3.63, 3.8) is 0 Å². The SMILES string of the molecule is COc1ccc2nc(CCCl)n(Cc3cccs3)c2n1. The molecule has 0 spiro atoms. The summed E-state index contributed by atoms with van der Waals surface area (Å²) in [5, 5.41) is 2.07. The average molecular weight is 308 g/mol. The van der Waals surface area contributed by atoms with Crippen LogP contribution in [0.15, 0.2) is 29.6 Å². The number of pyridine rings is 1. The zero-order valence-electron chi connectivity index (χ0n) is 11.0. The molecule has 3 heterocycles. The van der Waals surface area contributed by atoms with Crippen molar-refractivity contribution in [3.05, 3.63) is 40.3 Å². The fourth-order valence-electron chi connectivity index (χ4n) is 2.14. The van der Waals surface area contributed by atoms with Crippen LogP contribution in [0, 0.1) is 0 Å².